The Balaban J connectivity index is 0.00000218. The fourth-order valence-electron chi connectivity index (χ4n) is 4.39. The topological polar surface area (TPSA) is 41.1 Å². The molecule has 6 heteroatoms. The minimum atomic E-state index is -0.217. The Bertz CT molecular complexity index is 1070. The minimum absolute atomic E-state index is 0. The number of aromatic nitrogens is 2. The molecule has 2 aromatic carbocycles. The summed E-state index contributed by atoms with van der Waals surface area (Å²) in [6, 6.07) is 13.5. The third-order valence-corrected chi connectivity index (χ3v) is 6.03. The van der Waals surface area contributed by atoms with Gasteiger partial charge in [0.2, 0.25) is 5.95 Å². The van der Waals surface area contributed by atoms with Crippen molar-refractivity contribution in [2.24, 2.45) is 0 Å². The van der Waals surface area contributed by atoms with Crippen molar-refractivity contribution in [3.8, 4) is 0 Å². The van der Waals surface area contributed by atoms with Crippen LogP contribution in [0.2, 0.25) is 0 Å². The van der Waals surface area contributed by atoms with E-state index in [0.29, 0.717) is 0 Å². The molecule has 1 N–H and O–H groups in total. The van der Waals surface area contributed by atoms with Gasteiger partial charge in [-0.25, -0.2) is 9.37 Å². The van der Waals surface area contributed by atoms with Gasteiger partial charge in [0.15, 0.2) is 0 Å². The molecule has 2 aliphatic rings. The molecule has 156 valence electrons. The van der Waals surface area contributed by atoms with Crippen LogP contribution in [0.4, 0.5) is 21.8 Å². The summed E-state index contributed by atoms with van der Waals surface area (Å²) in [7, 11) is 0. The van der Waals surface area contributed by atoms with Crippen molar-refractivity contribution in [2.45, 2.75) is 45.6 Å². The second kappa shape index (κ2) is 8.60. The highest BCUT2D eigenvalue weighted by Crippen LogP contribution is 2.32. The molecule has 0 amide bonds. The summed E-state index contributed by atoms with van der Waals surface area (Å²) >= 11 is 0. The van der Waals surface area contributed by atoms with Crippen LogP contribution < -0.4 is 10.2 Å². The van der Waals surface area contributed by atoms with E-state index in [1.54, 1.807) is 12.1 Å². The fourth-order valence-corrected chi connectivity index (χ4v) is 4.39. The fraction of sp³-hybridized carbons (Fsp3) is 0.333. The lowest BCUT2D eigenvalue weighted by Gasteiger charge is -2.30. The molecular formula is C24H26ClFN4. The minimum Gasteiger partial charge on any atom is -0.340 e. The highest BCUT2D eigenvalue weighted by molar-refractivity contribution is 5.85. The van der Waals surface area contributed by atoms with Gasteiger partial charge in [0.25, 0.3) is 0 Å². The zero-order chi connectivity index (χ0) is 19.8. The zero-order valence-corrected chi connectivity index (χ0v) is 17.9. The second-order valence-corrected chi connectivity index (χ2v) is 8.03. The smallest absolute Gasteiger partial charge is 0.227 e. The Morgan fingerprint density at radius 1 is 0.967 bits per heavy atom. The number of benzene rings is 2. The average Bonchev–Trinajstić information content (AvgIpc) is 2.75. The molecule has 30 heavy (non-hydrogen) atoms. The molecule has 0 atom stereocenters. The summed E-state index contributed by atoms with van der Waals surface area (Å²) in [4.78, 5) is 12.2. The Hall–Kier alpha value is -2.66. The van der Waals surface area contributed by atoms with E-state index in [2.05, 4.69) is 34.5 Å². The molecule has 5 rings (SSSR count). The van der Waals surface area contributed by atoms with Gasteiger partial charge in [-0.2, -0.15) is 4.98 Å². The van der Waals surface area contributed by atoms with Crippen LogP contribution in [0.15, 0.2) is 42.5 Å². The van der Waals surface area contributed by atoms with Crippen LogP contribution in [0.1, 0.15) is 40.8 Å². The molecule has 0 unspecified atom stereocenters. The first-order valence-corrected chi connectivity index (χ1v) is 10.4. The van der Waals surface area contributed by atoms with Gasteiger partial charge in [0, 0.05) is 24.3 Å². The van der Waals surface area contributed by atoms with E-state index in [1.807, 2.05) is 6.92 Å². The molecule has 0 saturated carbocycles. The van der Waals surface area contributed by atoms with Crippen molar-refractivity contribution in [3.63, 3.8) is 0 Å². The van der Waals surface area contributed by atoms with Crippen LogP contribution >= 0.6 is 12.4 Å². The molecule has 0 bridgehead atoms. The summed E-state index contributed by atoms with van der Waals surface area (Å²) in [5.74, 6) is 1.45. The third-order valence-electron chi connectivity index (χ3n) is 6.03. The predicted molar refractivity (Wildman–Crippen MR) is 122 cm³/mol. The first-order valence-electron chi connectivity index (χ1n) is 10.4. The third kappa shape index (κ3) is 3.99. The molecule has 1 aromatic heterocycles. The highest BCUT2D eigenvalue weighted by Gasteiger charge is 2.23. The summed E-state index contributed by atoms with van der Waals surface area (Å²) in [6.45, 7) is 3.68. The van der Waals surface area contributed by atoms with Gasteiger partial charge in [0.05, 0.1) is 5.69 Å². The van der Waals surface area contributed by atoms with Crippen LogP contribution in [0.3, 0.4) is 0 Å². The van der Waals surface area contributed by atoms with E-state index in [9.17, 15) is 4.39 Å². The lowest BCUT2D eigenvalue weighted by molar-refractivity contribution is 0.627. The van der Waals surface area contributed by atoms with Crippen LogP contribution in [0, 0.1) is 12.7 Å². The molecule has 1 aliphatic heterocycles. The standard InChI is InChI=1S/C24H25FN4.ClH/c1-16-14-19(25)10-11-21(16)26-23-20-8-4-5-9-22(20)27-24(28-23)29-13-12-17-6-2-3-7-18(17)15-29;/h2-3,6-7,10-11,14H,4-5,8-9,12-13,15H2,1H3,(H,26,27,28);1H. The monoisotopic (exact) mass is 424 g/mol. The molecule has 4 nitrogen and oxygen atoms in total. The van der Waals surface area contributed by atoms with Crippen LogP contribution in [0.5, 0.6) is 0 Å². The average molecular weight is 425 g/mol. The van der Waals surface area contributed by atoms with Gasteiger partial charge in [-0.15, -0.1) is 12.4 Å². The molecule has 2 heterocycles. The maximum absolute atomic E-state index is 13.5. The van der Waals surface area contributed by atoms with E-state index in [1.165, 1.54) is 29.2 Å². The lowest BCUT2D eigenvalue weighted by Crippen LogP contribution is -2.32. The summed E-state index contributed by atoms with van der Waals surface area (Å²) in [6.07, 6.45) is 5.31. The molecular weight excluding hydrogens is 399 g/mol. The first-order chi connectivity index (χ1) is 14.2. The van der Waals surface area contributed by atoms with Crippen molar-refractivity contribution >= 4 is 29.9 Å². The van der Waals surface area contributed by atoms with Gasteiger partial charge in [-0.1, -0.05) is 24.3 Å². The van der Waals surface area contributed by atoms with Gasteiger partial charge in [0.1, 0.15) is 11.6 Å². The van der Waals surface area contributed by atoms with E-state index in [4.69, 9.17) is 9.97 Å². The second-order valence-electron chi connectivity index (χ2n) is 8.03. The molecule has 1 aliphatic carbocycles. The number of fused-ring (bicyclic) bond motifs is 2. The summed E-state index contributed by atoms with van der Waals surface area (Å²) < 4.78 is 13.5. The van der Waals surface area contributed by atoms with Crippen LogP contribution in [-0.4, -0.2) is 16.5 Å². The van der Waals surface area contributed by atoms with Gasteiger partial charge in [-0.05, 0) is 73.9 Å². The summed E-state index contributed by atoms with van der Waals surface area (Å²) in [5, 5.41) is 3.48. The Morgan fingerprint density at radius 2 is 1.77 bits per heavy atom. The number of nitrogens with one attached hydrogen (secondary N) is 1. The van der Waals surface area contributed by atoms with Crippen molar-refractivity contribution in [1.82, 2.24) is 9.97 Å². The van der Waals surface area contributed by atoms with Crippen molar-refractivity contribution < 1.29 is 4.39 Å². The van der Waals surface area contributed by atoms with Gasteiger partial charge in [-0.3, -0.25) is 0 Å². The molecule has 0 fully saturated rings. The van der Waals surface area contributed by atoms with E-state index in [0.717, 1.165) is 67.5 Å². The van der Waals surface area contributed by atoms with Crippen LogP contribution in [0.25, 0.3) is 0 Å². The Labute approximate surface area is 183 Å². The molecule has 0 spiro atoms. The number of aryl methyl sites for hydroxylation is 2. The van der Waals surface area contributed by atoms with E-state index in [-0.39, 0.29) is 18.2 Å². The number of rotatable bonds is 3. The zero-order valence-electron chi connectivity index (χ0n) is 17.1. The quantitative estimate of drug-likeness (QED) is 0.600. The largest absolute Gasteiger partial charge is 0.340 e. The molecule has 0 radical (unpaired) electrons. The van der Waals surface area contributed by atoms with E-state index < -0.39 is 0 Å². The van der Waals surface area contributed by atoms with Gasteiger partial charge < -0.3 is 10.2 Å². The maximum Gasteiger partial charge on any atom is 0.227 e. The van der Waals surface area contributed by atoms with Crippen molar-refractivity contribution in [3.05, 3.63) is 76.2 Å². The van der Waals surface area contributed by atoms with Crippen molar-refractivity contribution in [2.75, 3.05) is 16.8 Å². The Morgan fingerprint density at radius 3 is 2.60 bits per heavy atom. The number of hydrogen-bond donors (Lipinski definition) is 1. The number of nitrogens with zero attached hydrogens (tertiary/aromatic N) is 3. The molecule has 3 aromatic rings. The molecule has 0 saturated heterocycles. The number of anilines is 3. The predicted octanol–water partition coefficient (Wildman–Crippen LogP) is 5.53. The van der Waals surface area contributed by atoms with E-state index >= 15 is 0 Å². The number of hydrogen-bond acceptors (Lipinski definition) is 4. The first kappa shape index (κ1) is 20.6. The Kier molecular flexibility index (Phi) is 5.91. The van der Waals surface area contributed by atoms with Gasteiger partial charge >= 0.3 is 0 Å². The lowest BCUT2D eigenvalue weighted by atomic mass is 9.96. The normalized spacial score (nSPS) is 15.1. The number of halogens is 2. The van der Waals surface area contributed by atoms with Crippen molar-refractivity contribution in [1.29, 1.82) is 0 Å². The highest BCUT2D eigenvalue weighted by atomic mass is 35.5. The summed E-state index contributed by atoms with van der Waals surface area (Å²) in [5.41, 5.74) is 6.91. The maximum atomic E-state index is 13.5. The SMILES string of the molecule is Cc1cc(F)ccc1Nc1nc(N2CCc3ccccc3C2)nc2c1CCCC2.Cl. The van der Waals surface area contributed by atoms with Crippen LogP contribution in [-0.2, 0) is 25.8 Å².